The van der Waals surface area contributed by atoms with Crippen LogP contribution in [-0.4, -0.2) is 59.5 Å². The molecule has 0 radical (unpaired) electrons. The molecule has 1 rings (SSSR count). The number of hydrogen-bond acceptors (Lipinski definition) is 3. The third-order valence-corrected chi connectivity index (χ3v) is 4.97. The van der Waals surface area contributed by atoms with Crippen LogP contribution in [0.15, 0.2) is 0 Å². The molecule has 21 heavy (non-hydrogen) atoms. The monoisotopic (exact) mass is 298 g/mol. The van der Waals surface area contributed by atoms with E-state index in [1.54, 1.807) is 6.92 Å². The average Bonchev–Trinajstić information content (AvgIpc) is 2.59. The molecule has 1 heterocycles. The summed E-state index contributed by atoms with van der Waals surface area (Å²) in [6.07, 6.45) is 1.94. The molecule has 1 amide bonds. The topological polar surface area (TPSA) is 60.9 Å². The van der Waals surface area contributed by atoms with Crippen LogP contribution in [0.1, 0.15) is 47.0 Å². The van der Waals surface area contributed by atoms with Crippen molar-refractivity contribution in [1.82, 2.24) is 9.80 Å². The third kappa shape index (κ3) is 4.19. The molecule has 0 aromatic carbocycles. The maximum Gasteiger partial charge on any atom is 0.310 e. The lowest BCUT2D eigenvalue weighted by molar-refractivity contribution is -0.156. The van der Waals surface area contributed by atoms with Crippen LogP contribution in [0, 0.1) is 11.3 Å². The summed E-state index contributed by atoms with van der Waals surface area (Å²) >= 11 is 0. The van der Waals surface area contributed by atoms with Crippen molar-refractivity contribution in [2.45, 2.75) is 53.0 Å². The number of rotatable bonds is 5. The largest absolute Gasteiger partial charge is 0.481 e. The van der Waals surface area contributed by atoms with Gasteiger partial charge in [0.2, 0.25) is 5.91 Å². The van der Waals surface area contributed by atoms with E-state index in [0.717, 1.165) is 32.5 Å². The molecule has 0 aliphatic carbocycles. The molecule has 122 valence electrons. The summed E-state index contributed by atoms with van der Waals surface area (Å²) in [5.74, 6) is -0.977. The summed E-state index contributed by atoms with van der Waals surface area (Å²) in [7, 11) is 2.08. The van der Waals surface area contributed by atoms with Gasteiger partial charge in [0.05, 0.1) is 5.41 Å². The van der Waals surface area contributed by atoms with E-state index in [1.807, 2.05) is 18.7 Å². The number of aliphatic carboxylic acids is 1. The van der Waals surface area contributed by atoms with Crippen LogP contribution < -0.4 is 0 Å². The Morgan fingerprint density at radius 1 is 1.33 bits per heavy atom. The minimum absolute atomic E-state index is 0.0178. The summed E-state index contributed by atoms with van der Waals surface area (Å²) in [6, 6.07) is 0.190. The minimum Gasteiger partial charge on any atom is -0.481 e. The summed E-state index contributed by atoms with van der Waals surface area (Å²) in [6.45, 7) is 10.1. The van der Waals surface area contributed by atoms with Gasteiger partial charge in [-0.3, -0.25) is 9.59 Å². The Kier molecular flexibility index (Phi) is 6.20. The number of nitrogens with zero attached hydrogens (tertiary/aromatic N) is 2. The first-order valence-corrected chi connectivity index (χ1v) is 7.93. The zero-order valence-electron chi connectivity index (χ0n) is 14.1. The maximum atomic E-state index is 12.7. The Hall–Kier alpha value is -1.10. The number of carboxylic acids is 1. The van der Waals surface area contributed by atoms with E-state index < -0.39 is 11.4 Å². The number of hydrogen-bond donors (Lipinski definition) is 1. The summed E-state index contributed by atoms with van der Waals surface area (Å²) in [5.41, 5.74) is -0.992. The van der Waals surface area contributed by atoms with Gasteiger partial charge < -0.3 is 14.9 Å². The number of likely N-dealkylation sites (N-methyl/N-ethyl adjacent to an activating group) is 1. The van der Waals surface area contributed by atoms with Crippen LogP contribution in [-0.2, 0) is 9.59 Å². The fraction of sp³-hybridized carbons (Fsp3) is 0.875. The maximum absolute atomic E-state index is 12.7. The second-order valence-electron chi connectivity index (χ2n) is 6.82. The van der Waals surface area contributed by atoms with Crippen LogP contribution >= 0.6 is 0 Å². The Balaban J connectivity index is 2.87. The van der Waals surface area contributed by atoms with E-state index in [0.29, 0.717) is 0 Å². The van der Waals surface area contributed by atoms with Gasteiger partial charge in [0.15, 0.2) is 0 Å². The summed E-state index contributed by atoms with van der Waals surface area (Å²) in [4.78, 5) is 28.4. The van der Waals surface area contributed by atoms with Crippen molar-refractivity contribution in [3.8, 4) is 0 Å². The zero-order chi connectivity index (χ0) is 16.2. The standard InChI is InChI=1S/C16H30N2O3/c1-6-13-11-17(5)8-7-9-18(13)14(19)10-16(4,12(2)3)15(20)21/h12-13H,6-11H2,1-5H3,(H,20,21). The minimum atomic E-state index is -0.992. The van der Waals surface area contributed by atoms with Gasteiger partial charge >= 0.3 is 5.97 Å². The molecule has 2 unspecified atom stereocenters. The molecule has 0 saturated carbocycles. The van der Waals surface area contributed by atoms with Gasteiger partial charge in [-0.25, -0.2) is 0 Å². The van der Waals surface area contributed by atoms with Crippen LogP contribution in [0.2, 0.25) is 0 Å². The fourth-order valence-corrected chi connectivity index (χ4v) is 2.86. The highest BCUT2D eigenvalue weighted by Crippen LogP contribution is 2.32. The zero-order valence-corrected chi connectivity index (χ0v) is 14.1. The van der Waals surface area contributed by atoms with Crippen LogP contribution in [0.25, 0.3) is 0 Å². The number of carbonyl (C=O) groups excluding carboxylic acids is 1. The van der Waals surface area contributed by atoms with Crippen LogP contribution in [0.3, 0.4) is 0 Å². The molecule has 2 atom stereocenters. The van der Waals surface area contributed by atoms with E-state index in [4.69, 9.17) is 0 Å². The number of carbonyl (C=O) groups is 2. The van der Waals surface area contributed by atoms with Crippen LogP contribution in [0.5, 0.6) is 0 Å². The van der Waals surface area contributed by atoms with E-state index in [9.17, 15) is 14.7 Å². The molecule has 1 fully saturated rings. The number of amides is 1. The van der Waals surface area contributed by atoms with E-state index in [-0.39, 0.29) is 24.3 Å². The first-order chi connectivity index (χ1) is 9.72. The molecular weight excluding hydrogens is 268 g/mol. The van der Waals surface area contributed by atoms with E-state index in [2.05, 4.69) is 18.9 Å². The van der Waals surface area contributed by atoms with Crippen molar-refractivity contribution in [2.24, 2.45) is 11.3 Å². The smallest absolute Gasteiger partial charge is 0.310 e. The van der Waals surface area contributed by atoms with E-state index >= 15 is 0 Å². The predicted octanol–water partition coefficient (Wildman–Crippen LogP) is 2.07. The summed E-state index contributed by atoms with van der Waals surface area (Å²) in [5, 5.41) is 9.49. The molecule has 1 N–H and O–H groups in total. The van der Waals surface area contributed by atoms with E-state index in [1.165, 1.54) is 0 Å². The molecule has 1 saturated heterocycles. The lowest BCUT2D eigenvalue weighted by Gasteiger charge is -2.35. The Morgan fingerprint density at radius 3 is 2.43 bits per heavy atom. The first-order valence-electron chi connectivity index (χ1n) is 7.93. The average molecular weight is 298 g/mol. The van der Waals surface area contributed by atoms with Crippen LogP contribution in [0.4, 0.5) is 0 Å². The van der Waals surface area contributed by atoms with Gasteiger partial charge in [0.25, 0.3) is 0 Å². The lowest BCUT2D eigenvalue weighted by Crippen LogP contribution is -2.47. The molecule has 0 spiro atoms. The van der Waals surface area contributed by atoms with Gasteiger partial charge in [0.1, 0.15) is 0 Å². The molecule has 1 aliphatic rings. The molecule has 0 aromatic rings. The second-order valence-corrected chi connectivity index (χ2v) is 6.82. The highest BCUT2D eigenvalue weighted by atomic mass is 16.4. The lowest BCUT2D eigenvalue weighted by atomic mass is 9.76. The number of carboxylic acid groups (broad SMARTS) is 1. The van der Waals surface area contributed by atoms with Crippen molar-refractivity contribution in [3.63, 3.8) is 0 Å². The highest BCUT2D eigenvalue weighted by molar-refractivity contribution is 5.85. The molecule has 0 aromatic heterocycles. The second kappa shape index (κ2) is 7.25. The normalized spacial score (nSPS) is 23.7. The predicted molar refractivity (Wildman–Crippen MR) is 83.1 cm³/mol. The van der Waals surface area contributed by atoms with Gasteiger partial charge in [-0.15, -0.1) is 0 Å². The SMILES string of the molecule is CCC1CN(C)CCCN1C(=O)CC(C)(C(=O)O)C(C)C. The van der Waals surface area contributed by atoms with Crippen molar-refractivity contribution >= 4 is 11.9 Å². The quantitative estimate of drug-likeness (QED) is 0.844. The molecule has 5 heteroatoms. The van der Waals surface area contributed by atoms with Gasteiger partial charge in [-0.1, -0.05) is 20.8 Å². The highest BCUT2D eigenvalue weighted by Gasteiger charge is 2.41. The molecule has 0 bridgehead atoms. The fourth-order valence-electron chi connectivity index (χ4n) is 2.86. The van der Waals surface area contributed by atoms with Crippen molar-refractivity contribution in [3.05, 3.63) is 0 Å². The first kappa shape index (κ1) is 18.0. The van der Waals surface area contributed by atoms with Gasteiger partial charge in [-0.05, 0) is 39.3 Å². The Bertz CT molecular complexity index is 384. The van der Waals surface area contributed by atoms with Crippen molar-refractivity contribution in [2.75, 3.05) is 26.7 Å². The van der Waals surface area contributed by atoms with Crippen molar-refractivity contribution in [1.29, 1.82) is 0 Å². The third-order valence-electron chi connectivity index (χ3n) is 4.97. The Morgan fingerprint density at radius 2 is 1.95 bits per heavy atom. The van der Waals surface area contributed by atoms with Crippen molar-refractivity contribution < 1.29 is 14.7 Å². The van der Waals surface area contributed by atoms with Gasteiger partial charge in [0, 0.05) is 25.6 Å². The molecule has 5 nitrogen and oxygen atoms in total. The Labute approximate surface area is 128 Å². The molecule has 1 aliphatic heterocycles. The molecular formula is C16H30N2O3. The van der Waals surface area contributed by atoms with Gasteiger partial charge in [-0.2, -0.15) is 0 Å². The summed E-state index contributed by atoms with van der Waals surface area (Å²) < 4.78 is 0.